The predicted octanol–water partition coefficient (Wildman–Crippen LogP) is 1.14. The summed E-state index contributed by atoms with van der Waals surface area (Å²) in [5, 5.41) is 0.658. The van der Waals surface area contributed by atoms with Gasteiger partial charge in [0.2, 0.25) is 5.91 Å². The molecule has 0 fully saturated rings. The number of hydrogen-bond donors (Lipinski definition) is 1. The fourth-order valence-electron chi connectivity index (χ4n) is 2.84. The first-order valence-electron chi connectivity index (χ1n) is 7.58. The van der Waals surface area contributed by atoms with Crippen LogP contribution in [0.1, 0.15) is 29.7 Å². The lowest BCUT2D eigenvalue weighted by molar-refractivity contribution is -0.115. The molecule has 2 N–H and O–H groups in total. The number of primary amides is 1. The van der Waals surface area contributed by atoms with Gasteiger partial charge in [-0.2, -0.15) is 4.98 Å². The Morgan fingerprint density at radius 1 is 1.35 bits per heavy atom. The molecular formula is C16H18N4O2S. The van der Waals surface area contributed by atoms with Crippen molar-refractivity contribution in [3.8, 4) is 0 Å². The number of fused-ring (bicyclic) bond motifs is 1. The lowest BCUT2D eigenvalue weighted by Crippen LogP contribution is -2.30. The molecule has 1 amide bonds. The van der Waals surface area contributed by atoms with Gasteiger partial charge in [-0.1, -0.05) is 17.8 Å². The summed E-state index contributed by atoms with van der Waals surface area (Å²) in [6, 6.07) is 3.81. The zero-order valence-corrected chi connectivity index (χ0v) is 13.5. The summed E-state index contributed by atoms with van der Waals surface area (Å²) in [5.41, 5.74) is 8.03. The van der Waals surface area contributed by atoms with Gasteiger partial charge in [0.15, 0.2) is 0 Å². The summed E-state index contributed by atoms with van der Waals surface area (Å²) in [6.45, 7) is 0.475. The monoisotopic (exact) mass is 330 g/mol. The van der Waals surface area contributed by atoms with Gasteiger partial charge >= 0.3 is 5.69 Å². The summed E-state index contributed by atoms with van der Waals surface area (Å²) in [6.07, 6.45) is 7.35. The van der Waals surface area contributed by atoms with E-state index in [9.17, 15) is 9.59 Å². The Labute approximate surface area is 138 Å². The maximum atomic E-state index is 12.5. The van der Waals surface area contributed by atoms with Crippen LogP contribution in [0, 0.1) is 0 Å². The molecule has 0 radical (unpaired) electrons. The lowest BCUT2D eigenvalue weighted by Gasteiger charge is -2.22. The molecule has 0 saturated heterocycles. The summed E-state index contributed by atoms with van der Waals surface area (Å²) in [7, 11) is 0. The van der Waals surface area contributed by atoms with Crippen molar-refractivity contribution in [3.05, 3.63) is 51.8 Å². The van der Waals surface area contributed by atoms with Crippen LogP contribution >= 0.6 is 11.8 Å². The largest absolute Gasteiger partial charge is 0.369 e. The molecule has 2 aromatic heterocycles. The third-order valence-corrected chi connectivity index (χ3v) is 4.91. The highest BCUT2D eigenvalue weighted by atomic mass is 32.2. The van der Waals surface area contributed by atoms with Crippen molar-refractivity contribution in [2.45, 2.75) is 37.3 Å². The van der Waals surface area contributed by atoms with Crippen molar-refractivity contribution in [3.63, 3.8) is 0 Å². The topological polar surface area (TPSA) is 90.9 Å². The highest BCUT2D eigenvalue weighted by Gasteiger charge is 2.20. The molecule has 0 unspecified atom stereocenters. The lowest BCUT2D eigenvalue weighted by atomic mass is 9.97. The molecule has 0 aliphatic heterocycles. The second kappa shape index (κ2) is 6.95. The summed E-state index contributed by atoms with van der Waals surface area (Å²) < 4.78 is 1.74. The Balaban J connectivity index is 2.00. The molecule has 3 rings (SSSR count). The van der Waals surface area contributed by atoms with Crippen LogP contribution in [0.2, 0.25) is 0 Å². The van der Waals surface area contributed by atoms with Crippen LogP contribution in [0.15, 0.2) is 34.3 Å². The van der Waals surface area contributed by atoms with E-state index in [2.05, 4.69) is 9.97 Å². The maximum absolute atomic E-state index is 12.5. The fraction of sp³-hybridized carbons (Fsp3) is 0.375. The van der Waals surface area contributed by atoms with Crippen LogP contribution in [0.3, 0.4) is 0 Å². The third kappa shape index (κ3) is 3.61. The third-order valence-electron chi connectivity index (χ3n) is 3.87. The summed E-state index contributed by atoms with van der Waals surface area (Å²) in [4.78, 5) is 31.8. The summed E-state index contributed by atoms with van der Waals surface area (Å²) >= 11 is 1.26. The van der Waals surface area contributed by atoms with E-state index < -0.39 is 5.91 Å². The van der Waals surface area contributed by atoms with Crippen molar-refractivity contribution in [2.24, 2.45) is 5.73 Å². The van der Waals surface area contributed by atoms with E-state index >= 15 is 0 Å². The van der Waals surface area contributed by atoms with E-state index in [1.54, 1.807) is 17.0 Å². The van der Waals surface area contributed by atoms with Gasteiger partial charge in [0.05, 0.1) is 12.3 Å². The number of amides is 1. The second-order valence-corrected chi connectivity index (χ2v) is 6.50. The number of carbonyl (C=O) groups is 1. The highest BCUT2D eigenvalue weighted by molar-refractivity contribution is 7.99. The molecule has 2 heterocycles. The molecule has 0 atom stereocenters. The molecular weight excluding hydrogens is 312 g/mol. The van der Waals surface area contributed by atoms with E-state index in [1.807, 2.05) is 12.1 Å². The molecule has 0 spiro atoms. The molecule has 7 heteroatoms. The van der Waals surface area contributed by atoms with Gasteiger partial charge in [0.25, 0.3) is 0 Å². The minimum atomic E-state index is -0.402. The van der Waals surface area contributed by atoms with Crippen molar-refractivity contribution in [2.75, 3.05) is 5.75 Å². The smallest absolute Gasteiger partial charge is 0.349 e. The normalized spacial score (nSPS) is 13.6. The summed E-state index contributed by atoms with van der Waals surface area (Å²) in [5.74, 6) is -0.258. The van der Waals surface area contributed by atoms with Gasteiger partial charge in [-0.05, 0) is 37.3 Å². The minimum absolute atomic E-state index is 0.144. The van der Waals surface area contributed by atoms with E-state index in [0.29, 0.717) is 11.6 Å². The first kappa shape index (κ1) is 15.7. The molecule has 120 valence electrons. The van der Waals surface area contributed by atoms with Crippen LogP contribution < -0.4 is 11.4 Å². The Hall–Kier alpha value is -2.15. The van der Waals surface area contributed by atoms with E-state index in [4.69, 9.17) is 5.73 Å². The van der Waals surface area contributed by atoms with E-state index in [1.165, 1.54) is 11.8 Å². The molecule has 0 aromatic carbocycles. The van der Waals surface area contributed by atoms with Gasteiger partial charge in [-0.25, -0.2) is 4.79 Å². The van der Waals surface area contributed by atoms with Crippen molar-refractivity contribution >= 4 is 17.7 Å². The van der Waals surface area contributed by atoms with Crippen LogP contribution in [0.4, 0.5) is 0 Å². The molecule has 1 aliphatic carbocycles. The Kier molecular flexibility index (Phi) is 4.76. The molecule has 1 aliphatic rings. The zero-order valence-electron chi connectivity index (χ0n) is 12.7. The Morgan fingerprint density at radius 2 is 2.17 bits per heavy atom. The minimum Gasteiger partial charge on any atom is -0.369 e. The number of nitrogens with two attached hydrogens (primary N) is 1. The average Bonchev–Trinajstić information content (AvgIpc) is 2.56. The number of carbonyl (C=O) groups excluding carboxylic acids is 1. The highest BCUT2D eigenvalue weighted by Crippen LogP contribution is 2.28. The van der Waals surface area contributed by atoms with Gasteiger partial charge in [0, 0.05) is 23.7 Å². The van der Waals surface area contributed by atoms with Gasteiger partial charge in [0.1, 0.15) is 5.03 Å². The number of hydrogen-bond acceptors (Lipinski definition) is 5. The standard InChI is InChI=1S/C16H18N4O2S/c17-14(21)10-23-15-12-5-1-2-6-13(12)20(16(22)19-15)9-11-4-3-7-18-8-11/h3-4,7-8H,1-2,5-6,9-10H2,(H2,17,21). The van der Waals surface area contributed by atoms with Crippen LogP contribution in [0.25, 0.3) is 0 Å². The van der Waals surface area contributed by atoms with Crippen molar-refractivity contribution in [1.82, 2.24) is 14.5 Å². The molecule has 0 bridgehead atoms. The van der Waals surface area contributed by atoms with Crippen LogP contribution in [-0.2, 0) is 24.2 Å². The second-order valence-electron chi connectivity index (χ2n) is 5.53. The number of rotatable bonds is 5. The first-order valence-corrected chi connectivity index (χ1v) is 8.56. The van der Waals surface area contributed by atoms with E-state index in [0.717, 1.165) is 42.5 Å². The van der Waals surface area contributed by atoms with Crippen LogP contribution in [-0.4, -0.2) is 26.2 Å². The quantitative estimate of drug-likeness (QED) is 0.656. The number of pyridine rings is 1. The first-order chi connectivity index (χ1) is 11.1. The molecule has 23 heavy (non-hydrogen) atoms. The zero-order chi connectivity index (χ0) is 16.2. The number of nitrogens with zero attached hydrogens (tertiary/aromatic N) is 3. The van der Waals surface area contributed by atoms with Gasteiger partial charge in [-0.15, -0.1) is 0 Å². The van der Waals surface area contributed by atoms with Crippen molar-refractivity contribution < 1.29 is 4.79 Å². The maximum Gasteiger partial charge on any atom is 0.349 e. The predicted molar refractivity (Wildman–Crippen MR) is 88.4 cm³/mol. The Bertz CT molecular complexity index is 774. The van der Waals surface area contributed by atoms with Gasteiger partial charge < -0.3 is 5.73 Å². The molecule has 6 nitrogen and oxygen atoms in total. The van der Waals surface area contributed by atoms with Crippen LogP contribution in [0.5, 0.6) is 0 Å². The number of thioether (sulfide) groups is 1. The molecule has 0 saturated carbocycles. The Morgan fingerprint density at radius 3 is 2.91 bits per heavy atom. The fourth-order valence-corrected chi connectivity index (χ4v) is 3.66. The van der Waals surface area contributed by atoms with Gasteiger partial charge in [-0.3, -0.25) is 14.3 Å². The van der Waals surface area contributed by atoms with E-state index in [-0.39, 0.29) is 11.4 Å². The average molecular weight is 330 g/mol. The SMILES string of the molecule is NC(=O)CSc1nc(=O)n(Cc2cccnc2)c2c1CCCC2. The molecule has 2 aromatic rings. The number of aromatic nitrogens is 3. The van der Waals surface area contributed by atoms with Crippen molar-refractivity contribution in [1.29, 1.82) is 0 Å².